The van der Waals surface area contributed by atoms with Crippen LogP contribution in [0.4, 0.5) is 5.69 Å². The molecule has 0 amide bonds. The molecule has 1 aromatic rings. The van der Waals surface area contributed by atoms with Gasteiger partial charge in [-0.05, 0) is 32.4 Å². The van der Waals surface area contributed by atoms with Gasteiger partial charge in [-0.2, -0.15) is 0 Å². The Balaban J connectivity index is 3.65. The zero-order chi connectivity index (χ0) is 16.0. The van der Waals surface area contributed by atoms with E-state index in [4.69, 9.17) is 0 Å². The molecule has 0 saturated heterocycles. The van der Waals surface area contributed by atoms with Gasteiger partial charge in [0.1, 0.15) is 5.69 Å². The van der Waals surface area contributed by atoms with Crippen LogP contribution in [0.15, 0.2) is 22.4 Å². The van der Waals surface area contributed by atoms with Crippen LogP contribution in [0.25, 0.3) is 0 Å². The van der Waals surface area contributed by atoms with Gasteiger partial charge in [-0.3, -0.25) is 13.9 Å². The standard InChI is InChI=1S/C16H27N3O2/c1-6-10-17(9-4)14-13(5)18(11-7-2)16(21)19(12-8-3)15(14)20/h9H,4,6-8,10-12H2,1-3,5H3. The maximum atomic E-state index is 12.7. The molecule has 0 N–H and O–H groups in total. The van der Waals surface area contributed by atoms with Crippen LogP contribution < -0.4 is 16.1 Å². The van der Waals surface area contributed by atoms with E-state index in [1.807, 2.05) is 25.7 Å². The second kappa shape index (κ2) is 7.86. The van der Waals surface area contributed by atoms with E-state index < -0.39 is 0 Å². The summed E-state index contributed by atoms with van der Waals surface area (Å²) in [7, 11) is 0. The lowest BCUT2D eigenvalue weighted by atomic mass is 10.2. The zero-order valence-electron chi connectivity index (χ0n) is 13.7. The van der Waals surface area contributed by atoms with Crippen LogP contribution in [-0.4, -0.2) is 15.7 Å². The first-order valence-electron chi connectivity index (χ1n) is 7.76. The van der Waals surface area contributed by atoms with E-state index in [9.17, 15) is 9.59 Å². The largest absolute Gasteiger partial charge is 0.343 e. The Morgan fingerprint density at radius 2 is 1.62 bits per heavy atom. The summed E-state index contributed by atoms with van der Waals surface area (Å²) in [5, 5.41) is 0. The monoisotopic (exact) mass is 293 g/mol. The van der Waals surface area contributed by atoms with E-state index in [2.05, 4.69) is 13.5 Å². The predicted octanol–water partition coefficient (Wildman–Crippen LogP) is 2.50. The second-order valence-corrected chi connectivity index (χ2v) is 5.20. The molecule has 0 unspecified atom stereocenters. The van der Waals surface area contributed by atoms with Crippen molar-refractivity contribution in [3.63, 3.8) is 0 Å². The molecule has 0 saturated carbocycles. The average molecular weight is 293 g/mol. The van der Waals surface area contributed by atoms with Crippen molar-refractivity contribution in [1.29, 1.82) is 0 Å². The molecule has 0 bridgehead atoms. The zero-order valence-corrected chi connectivity index (χ0v) is 13.7. The average Bonchev–Trinajstić information content (AvgIpc) is 2.47. The van der Waals surface area contributed by atoms with Gasteiger partial charge in [0.25, 0.3) is 5.56 Å². The molecule has 0 radical (unpaired) electrons. The molecule has 5 nitrogen and oxygen atoms in total. The lowest BCUT2D eigenvalue weighted by Crippen LogP contribution is -2.44. The Morgan fingerprint density at radius 3 is 2.10 bits per heavy atom. The highest BCUT2D eigenvalue weighted by molar-refractivity contribution is 5.51. The van der Waals surface area contributed by atoms with Gasteiger partial charge >= 0.3 is 5.69 Å². The molecule has 0 fully saturated rings. The smallest absolute Gasteiger partial charge is 0.331 e. The number of rotatable bonds is 8. The van der Waals surface area contributed by atoms with Crippen molar-refractivity contribution in [2.45, 2.75) is 60.0 Å². The van der Waals surface area contributed by atoms with Crippen molar-refractivity contribution in [1.82, 2.24) is 9.13 Å². The van der Waals surface area contributed by atoms with Gasteiger partial charge in [0.05, 0.1) is 0 Å². The van der Waals surface area contributed by atoms with Crippen molar-refractivity contribution >= 4 is 5.69 Å². The van der Waals surface area contributed by atoms with Crippen molar-refractivity contribution in [3.05, 3.63) is 39.3 Å². The quantitative estimate of drug-likeness (QED) is 0.740. The summed E-state index contributed by atoms with van der Waals surface area (Å²) in [6, 6.07) is 0. The molecule has 1 aromatic heterocycles. The lowest BCUT2D eigenvalue weighted by molar-refractivity contribution is 0.529. The summed E-state index contributed by atoms with van der Waals surface area (Å²) < 4.78 is 3.06. The minimum atomic E-state index is -0.208. The Kier molecular flexibility index (Phi) is 6.46. The number of anilines is 1. The van der Waals surface area contributed by atoms with Crippen molar-refractivity contribution in [3.8, 4) is 0 Å². The molecule has 0 spiro atoms. The first-order chi connectivity index (χ1) is 10.0. The van der Waals surface area contributed by atoms with Gasteiger partial charge in [0.2, 0.25) is 0 Å². The molecule has 0 aliphatic rings. The minimum absolute atomic E-state index is 0.203. The third-order valence-corrected chi connectivity index (χ3v) is 3.52. The molecule has 0 aliphatic heterocycles. The van der Waals surface area contributed by atoms with E-state index in [1.54, 1.807) is 10.8 Å². The van der Waals surface area contributed by atoms with Crippen LogP contribution in [0.1, 0.15) is 45.7 Å². The van der Waals surface area contributed by atoms with Crippen molar-refractivity contribution in [2.24, 2.45) is 0 Å². The van der Waals surface area contributed by atoms with E-state index in [0.717, 1.165) is 31.5 Å². The van der Waals surface area contributed by atoms with Gasteiger partial charge in [0, 0.05) is 25.3 Å². The highest BCUT2D eigenvalue weighted by Gasteiger charge is 2.18. The summed E-state index contributed by atoms with van der Waals surface area (Å²) >= 11 is 0. The lowest BCUT2D eigenvalue weighted by Gasteiger charge is -2.24. The van der Waals surface area contributed by atoms with Gasteiger partial charge in [-0.15, -0.1) is 0 Å². The fourth-order valence-electron chi connectivity index (χ4n) is 2.56. The normalized spacial score (nSPS) is 10.7. The minimum Gasteiger partial charge on any atom is -0.343 e. The summed E-state index contributed by atoms with van der Waals surface area (Å²) in [5.74, 6) is 0. The Morgan fingerprint density at radius 1 is 1.05 bits per heavy atom. The SMILES string of the molecule is C=CN(CCC)c1c(C)n(CCC)c(=O)n(CCC)c1=O. The van der Waals surface area contributed by atoms with Crippen molar-refractivity contribution < 1.29 is 0 Å². The summed E-state index contributed by atoms with van der Waals surface area (Å²) in [6.07, 6.45) is 4.19. The molecular weight excluding hydrogens is 266 g/mol. The molecule has 0 aliphatic carbocycles. The highest BCUT2D eigenvalue weighted by atomic mass is 16.2. The molecule has 0 aromatic carbocycles. The number of hydrogen-bond donors (Lipinski definition) is 0. The van der Waals surface area contributed by atoms with Gasteiger partial charge in [-0.25, -0.2) is 4.79 Å². The van der Waals surface area contributed by atoms with Crippen LogP contribution in [0.5, 0.6) is 0 Å². The van der Waals surface area contributed by atoms with Gasteiger partial charge < -0.3 is 4.90 Å². The van der Waals surface area contributed by atoms with Gasteiger partial charge in [0.15, 0.2) is 0 Å². The summed E-state index contributed by atoms with van der Waals surface area (Å²) in [6.45, 7) is 13.5. The second-order valence-electron chi connectivity index (χ2n) is 5.20. The number of hydrogen-bond acceptors (Lipinski definition) is 3. The predicted molar refractivity (Wildman–Crippen MR) is 88.1 cm³/mol. The first kappa shape index (κ1) is 17.3. The van der Waals surface area contributed by atoms with Crippen LogP contribution in [-0.2, 0) is 13.1 Å². The van der Waals surface area contributed by atoms with Crippen LogP contribution in [0.2, 0.25) is 0 Å². The van der Waals surface area contributed by atoms with Crippen LogP contribution >= 0.6 is 0 Å². The fourth-order valence-corrected chi connectivity index (χ4v) is 2.56. The van der Waals surface area contributed by atoms with Crippen molar-refractivity contribution in [2.75, 3.05) is 11.4 Å². The van der Waals surface area contributed by atoms with Gasteiger partial charge in [-0.1, -0.05) is 27.4 Å². The van der Waals surface area contributed by atoms with E-state index in [0.29, 0.717) is 18.8 Å². The molecule has 1 heterocycles. The third-order valence-electron chi connectivity index (χ3n) is 3.52. The molecule has 0 atom stereocenters. The molecule has 1 rings (SSSR count). The molecular formula is C16H27N3O2. The third kappa shape index (κ3) is 3.46. The Bertz CT molecular complexity index is 599. The Labute approximate surface area is 126 Å². The van der Waals surface area contributed by atoms with E-state index >= 15 is 0 Å². The van der Waals surface area contributed by atoms with E-state index in [1.165, 1.54) is 4.57 Å². The fraction of sp³-hybridized carbons (Fsp3) is 0.625. The maximum Gasteiger partial charge on any atom is 0.331 e. The summed E-state index contributed by atoms with van der Waals surface area (Å²) in [5.41, 5.74) is 0.895. The molecule has 5 heteroatoms. The number of nitrogens with zero attached hydrogens (tertiary/aromatic N) is 3. The Hall–Kier alpha value is -1.78. The maximum absolute atomic E-state index is 12.7. The highest BCUT2D eigenvalue weighted by Crippen LogP contribution is 2.15. The van der Waals surface area contributed by atoms with Crippen LogP contribution in [0.3, 0.4) is 0 Å². The molecule has 118 valence electrons. The van der Waals surface area contributed by atoms with E-state index in [-0.39, 0.29) is 11.2 Å². The topological polar surface area (TPSA) is 47.2 Å². The number of aromatic nitrogens is 2. The summed E-state index contributed by atoms with van der Waals surface area (Å²) in [4.78, 5) is 27.0. The molecule has 21 heavy (non-hydrogen) atoms. The van der Waals surface area contributed by atoms with Crippen LogP contribution in [0, 0.1) is 6.92 Å². The first-order valence-corrected chi connectivity index (χ1v) is 7.76.